The standard InChI is InChI=1S/C31H31NO5/c1-3-16-36-25-11-7-10-22(19-25)28-27(29(33)23-12-13-26-24(18-23)17-20(2)37-26)30(34)31(35)32(28)15-14-21-8-5-4-6-9-21/h4-13,18-20,28,33H,3,14-17H2,1-2H3/t20-,28+/m1/s1. The molecule has 2 aliphatic rings. The van der Waals surface area contributed by atoms with Gasteiger partial charge < -0.3 is 19.5 Å². The number of aliphatic hydroxyl groups is 1. The molecule has 37 heavy (non-hydrogen) atoms. The Morgan fingerprint density at radius 2 is 1.86 bits per heavy atom. The quantitative estimate of drug-likeness (QED) is 0.254. The van der Waals surface area contributed by atoms with E-state index in [1.807, 2.05) is 80.6 Å². The molecule has 1 amide bonds. The van der Waals surface area contributed by atoms with Crippen LogP contribution in [0.3, 0.4) is 0 Å². The third-order valence-electron chi connectivity index (χ3n) is 6.84. The van der Waals surface area contributed by atoms with E-state index in [0.717, 1.165) is 35.3 Å². The zero-order valence-electron chi connectivity index (χ0n) is 21.1. The van der Waals surface area contributed by atoms with Crippen LogP contribution in [0.25, 0.3) is 5.76 Å². The summed E-state index contributed by atoms with van der Waals surface area (Å²) < 4.78 is 11.6. The van der Waals surface area contributed by atoms with Gasteiger partial charge >= 0.3 is 0 Å². The van der Waals surface area contributed by atoms with Crippen molar-refractivity contribution in [1.29, 1.82) is 0 Å². The smallest absolute Gasteiger partial charge is 0.295 e. The lowest BCUT2D eigenvalue weighted by molar-refractivity contribution is -0.139. The highest BCUT2D eigenvalue weighted by Crippen LogP contribution is 2.41. The monoisotopic (exact) mass is 497 g/mol. The van der Waals surface area contributed by atoms with Crippen molar-refractivity contribution in [3.8, 4) is 11.5 Å². The molecule has 0 saturated carbocycles. The molecule has 3 aromatic carbocycles. The molecule has 5 rings (SSSR count). The van der Waals surface area contributed by atoms with E-state index in [1.165, 1.54) is 0 Å². The Kier molecular flexibility index (Phi) is 6.99. The average Bonchev–Trinajstić information content (AvgIpc) is 3.41. The number of likely N-dealkylation sites (tertiary alicyclic amines) is 1. The molecule has 0 aromatic heterocycles. The Morgan fingerprint density at radius 3 is 2.65 bits per heavy atom. The number of nitrogens with zero attached hydrogens (tertiary/aromatic N) is 1. The maximum atomic E-state index is 13.4. The summed E-state index contributed by atoms with van der Waals surface area (Å²) in [5.74, 6) is -0.0184. The number of rotatable bonds is 8. The minimum absolute atomic E-state index is 0.0572. The number of hydrogen-bond acceptors (Lipinski definition) is 5. The highest BCUT2D eigenvalue weighted by atomic mass is 16.5. The average molecular weight is 498 g/mol. The molecule has 2 heterocycles. The summed E-state index contributed by atoms with van der Waals surface area (Å²) in [6.45, 7) is 4.93. The molecule has 0 aliphatic carbocycles. The van der Waals surface area contributed by atoms with Gasteiger partial charge in [0.05, 0.1) is 18.2 Å². The summed E-state index contributed by atoms with van der Waals surface area (Å²) >= 11 is 0. The zero-order valence-corrected chi connectivity index (χ0v) is 21.1. The second kappa shape index (κ2) is 10.5. The molecule has 1 fully saturated rings. The fourth-order valence-corrected chi connectivity index (χ4v) is 5.07. The Balaban J connectivity index is 1.57. The minimum atomic E-state index is -0.725. The SMILES string of the molecule is CCCOc1cccc([C@H]2C(=C(O)c3ccc4c(c3)C[C@@H](C)O4)C(=O)C(=O)N2CCc2ccccc2)c1. The topological polar surface area (TPSA) is 76.1 Å². The van der Waals surface area contributed by atoms with Crippen LogP contribution in [0, 0.1) is 0 Å². The summed E-state index contributed by atoms with van der Waals surface area (Å²) in [5, 5.41) is 11.5. The van der Waals surface area contributed by atoms with Crippen LogP contribution in [0.2, 0.25) is 0 Å². The summed E-state index contributed by atoms with van der Waals surface area (Å²) in [6.07, 6.45) is 2.23. The van der Waals surface area contributed by atoms with E-state index in [0.29, 0.717) is 30.9 Å². The molecule has 6 heteroatoms. The summed E-state index contributed by atoms with van der Waals surface area (Å²) in [5.41, 5.74) is 3.36. The molecule has 6 nitrogen and oxygen atoms in total. The van der Waals surface area contributed by atoms with Gasteiger partial charge in [-0.05, 0) is 66.8 Å². The van der Waals surface area contributed by atoms with Crippen LogP contribution >= 0.6 is 0 Å². The van der Waals surface area contributed by atoms with Gasteiger partial charge in [-0.1, -0.05) is 49.4 Å². The van der Waals surface area contributed by atoms with Crippen molar-refractivity contribution in [3.05, 3.63) is 101 Å². The van der Waals surface area contributed by atoms with E-state index < -0.39 is 17.7 Å². The first-order chi connectivity index (χ1) is 18.0. The van der Waals surface area contributed by atoms with Crippen molar-refractivity contribution in [1.82, 2.24) is 4.90 Å². The zero-order chi connectivity index (χ0) is 25.9. The molecule has 190 valence electrons. The number of carbonyl (C=O) groups excluding carboxylic acids is 2. The number of fused-ring (bicyclic) bond motifs is 1. The Hall–Kier alpha value is -4.06. The highest BCUT2D eigenvalue weighted by Gasteiger charge is 2.46. The molecular formula is C31H31NO5. The van der Waals surface area contributed by atoms with Crippen LogP contribution in [-0.2, 0) is 22.4 Å². The molecule has 3 aromatic rings. The number of amides is 1. The van der Waals surface area contributed by atoms with Gasteiger partial charge in [0.2, 0.25) is 0 Å². The number of benzene rings is 3. The van der Waals surface area contributed by atoms with Gasteiger partial charge in [-0.2, -0.15) is 0 Å². The van der Waals surface area contributed by atoms with Gasteiger partial charge in [-0.25, -0.2) is 0 Å². The van der Waals surface area contributed by atoms with Crippen LogP contribution in [0.1, 0.15) is 48.6 Å². The summed E-state index contributed by atoms with van der Waals surface area (Å²) in [7, 11) is 0. The largest absolute Gasteiger partial charge is 0.507 e. The third kappa shape index (κ3) is 4.96. The molecule has 0 unspecified atom stereocenters. The molecule has 2 aliphatic heterocycles. The van der Waals surface area contributed by atoms with Gasteiger partial charge in [-0.3, -0.25) is 9.59 Å². The minimum Gasteiger partial charge on any atom is -0.507 e. The van der Waals surface area contributed by atoms with E-state index in [4.69, 9.17) is 9.47 Å². The Bertz CT molecular complexity index is 1350. The van der Waals surface area contributed by atoms with Crippen molar-refractivity contribution < 1.29 is 24.2 Å². The number of aliphatic hydroxyl groups excluding tert-OH is 1. The predicted molar refractivity (Wildman–Crippen MR) is 142 cm³/mol. The molecule has 0 radical (unpaired) electrons. The third-order valence-corrected chi connectivity index (χ3v) is 6.84. The number of Topliss-reactive ketones (excluding diaryl/α,β-unsaturated/α-hetero) is 1. The summed E-state index contributed by atoms with van der Waals surface area (Å²) in [4.78, 5) is 28.3. The van der Waals surface area contributed by atoms with Crippen molar-refractivity contribution in [2.45, 2.75) is 45.3 Å². The molecule has 1 N–H and O–H groups in total. The van der Waals surface area contributed by atoms with Crippen LogP contribution < -0.4 is 9.47 Å². The second-order valence-electron chi connectivity index (χ2n) is 9.60. The highest BCUT2D eigenvalue weighted by molar-refractivity contribution is 6.46. The Morgan fingerprint density at radius 1 is 1.05 bits per heavy atom. The van der Waals surface area contributed by atoms with Gasteiger partial charge in [-0.15, -0.1) is 0 Å². The lowest BCUT2D eigenvalue weighted by Crippen LogP contribution is -2.31. The lowest BCUT2D eigenvalue weighted by atomic mass is 9.94. The van der Waals surface area contributed by atoms with Crippen LogP contribution in [-0.4, -0.2) is 41.0 Å². The van der Waals surface area contributed by atoms with E-state index in [1.54, 1.807) is 11.0 Å². The maximum absolute atomic E-state index is 13.4. The first-order valence-corrected chi connectivity index (χ1v) is 12.8. The lowest BCUT2D eigenvalue weighted by Gasteiger charge is -2.26. The second-order valence-corrected chi connectivity index (χ2v) is 9.60. The molecule has 0 spiro atoms. The van der Waals surface area contributed by atoms with Crippen molar-refractivity contribution in [3.63, 3.8) is 0 Å². The van der Waals surface area contributed by atoms with E-state index in [9.17, 15) is 14.7 Å². The van der Waals surface area contributed by atoms with Crippen LogP contribution in [0.4, 0.5) is 0 Å². The van der Waals surface area contributed by atoms with Crippen molar-refractivity contribution in [2.75, 3.05) is 13.2 Å². The number of hydrogen-bond donors (Lipinski definition) is 1. The number of ketones is 1. The van der Waals surface area contributed by atoms with E-state index >= 15 is 0 Å². The fraction of sp³-hybridized carbons (Fsp3) is 0.290. The Labute approximate surface area is 217 Å². The maximum Gasteiger partial charge on any atom is 0.295 e. The molecule has 1 saturated heterocycles. The molecule has 2 atom stereocenters. The van der Waals surface area contributed by atoms with Gasteiger partial charge in [0.25, 0.3) is 11.7 Å². The normalized spacial score (nSPS) is 20.1. The van der Waals surface area contributed by atoms with Crippen molar-refractivity contribution in [2.24, 2.45) is 0 Å². The number of ether oxygens (including phenoxy) is 2. The van der Waals surface area contributed by atoms with E-state index in [2.05, 4.69) is 0 Å². The van der Waals surface area contributed by atoms with Crippen LogP contribution in [0.5, 0.6) is 11.5 Å². The van der Waals surface area contributed by atoms with Gasteiger partial charge in [0.1, 0.15) is 23.4 Å². The number of carbonyl (C=O) groups is 2. The fourth-order valence-electron chi connectivity index (χ4n) is 5.07. The first kappa shape index (κ1) is 24.6. The molecule has 0 bridgehead atoms. The van der Waals surface area contributed by atoms with Gasteiger partial charge in [0, 0.05) is 18.5 Å². The molecular weight excluding hydrogens is 466 g/mol. The van der Waals surface area contributed by atoms with Crippen molar-refractivity contribution >= 4 is 17.4 Å². The first-order valence-electron chi connectivity index (χ1n) is 12.8. The summed E-state index contributed by atoms with van der Waals surface area (Å²) in [6, 6.07) is 22.0. The van der Waals surface area contributed by atoms with Gasteiger partial charge in [0.15, 0.2) is 0 Å². The van der Waals surface area contributed by atoms with E-state index in [-0.39, 0.29) is 17.4 Å². The van der Waals surface area contributed by atoms with Crippen LogP contribution in [0.15, 0.2) is 78.4 Å². The predicted octanol–water partition coefficient (Wildman–Crippen LogP) is 5.46.